The third-order valence-corrected chi connectivity index (χ3v) is 5.00. The molecule has 5 N–H and O–H groups in total. The number of rotatable bonds is 12. The Morgan fingerprint density at radius 2 is 1.74 bits per heavy atom. The van der Waals surface area contributed by atoms with Crippen LogP contribution in [0.15, 0.2) is 36.8 Å². The minimum atomic E-state index is -1.15. The van der Waals surface area contributed by atoms with E-state index < -0.39 is 35.8 Å². The van der Waals surface area contributed by atoms with Crippen LogP contribution in [0.4, 0.5) is 5.69 Å². The molecule has 11 nitrogen and oxygen atoms in total. The van der Waals surface area contributed by atoms with Gasteiger partial charge in [-0.15, -0.1) is 0 Å². The van der Waals surface area contributed by atoms with Gasteiger partial charge in [0.1, 0.15) is 12.1 Å². The maximum atomic E-state index is 12.8. The standard InChI is InChI=1S/C23H32N6O5/c1-14(2)9-19(23(33)34)28-22(32)18(10-16-11-24-13-26-16)27-20(30)12-25-21(31)15-5-7-17(8-6-15)29(3)4/h5-8,11,13-14,18-19H,9-10,12H2,1-4H3,(H,24,26)(H,25,31)(H,27,30)(H,28,32)(H,33,34)/t18-,19-/m0/s1. The van der Waals surface area contributed by atoms with Gasteiger partial charge in [0.15, 0.2) is 0 Å². The van der Waals surface area contributed by atoms with E-state index in [1.165, 1.54) is 6.33 Å². The zero-order chi connectivity index (χ0) is 25.3. The smallest absolute Gasteiger partial charge is 0.326 e. The zero-order valence-corrected chi connectivity index (χ0v) is 19.8. The first-order chi connectivity index (χ1) is 16.1. The highest BCUT2D eigenvalue weighted by atomic mass is 16.4. The van der Waals surface area contributed by atoms with Crippen LogP contribution in [0.2, 0.25) is 0 Å². The number of anilines is 1. The van der Waals surface area contributed by atoms with Crippen LogP contribution in [0.3, 0.4) is 0 Å². The number of carboxylic acid groups (broad SMARTS) is 1. The van der Waals surface area contributed by atoms with Gasteiger partial charge in [-0.05, 0) is 36.6 Å². The second kappa shape index (κ2) is 12.4. The highest BCUT2D eigenvalue weighted by Gasteiger charge is 2.28. The van der Waals surface area contributed by atoms with Gasteiger partial charge in [0.05, 0.1) is 18.6 Å². The van der Waals surface area contributed by atoms with Gasteiger partial charge in [-0.1, -0.05) is 13.8 Å². The monoisotopic (exact) mass is 472 g/mol. The number of nitrogens with zero attached hydrogens (tertiary/aromatic N) is 2. The maximum absolute atomic E-state index is 12.8. The van der Waals surface area contributed by atoms with Gasteiger partial charge in [0.2, 0.25) is 11.8 Å². The number of aromatic amines is 1. The average molecular weight is 473 g/mol. The molecule has 0 fully saturated rings. The topological polar surface area (TPSA) is 157 Å². The largest absolute Gasteiger partial charge is 0.480 e. The zero-order valence-electron chi connectivity index (χ0n) is 19.8. The fraction of sp³-hybridized carbons (Fsp3) is 0.435. The number of carbonyl (C=O) groups is 4. The van der Waals surface area contributed by atoms with E-state index in [1.54, 1.807) is 30.5 Å². The van der Waals surface area contributed by atoms with Crippen molar-refractivity contribution in [3.05, 3.63) is 48.0 Å². The summed E-state index contributed by atoms with van der Waals surface area (Å²) in [6, 6.07) is 4.72. The average Bonchev–Trinajstić information content (AvgIpc) is 3.29. The third-order valence-electron chi connectivity index (χ3n) is 5.00. The number of imidazole rings is 1. The number of hydrogen-bond acceptors (Lipinski definition) is 6. The van der Waals surface area contributed by atoms with Crippen LogP contribution in [-0.2, 0) is 20.8 Å². The second-order valence-electron chi connectivity index (χ2n) is 8.54. The lowest BCUT2D eigenvalue weighted by atomic mass is 10.0. The van der Waals surface area contributed by atoms with Crippen molar-refractivity contribution < 1.29 is 24.3 Å². The second-order valence-corrected chi connectivity index (χ2v) is 8.54. The number of nitrogens with one attached hydrogen (secondary N) is 4. The molecule has 2 rings (SSSR count). The summed E-state index contributed by atoms with van der Waals surface area (Å²) in [5.41, 5.74) is 1.84. The fourth-order valence-corrected chi connectivity index (χ4v) is 3.21. The highest BCUT2D eigenvalue weighted by Crippen LogP contribution is 2.12. The SMILES string of the molecule is CC(C)C[C@H](NC(=O)[C@H](Cc1c[nH]cn1)NC(=O)CNC(=O)c1ccc(N(C)C)cc1)C(=O)O. The normalized spacial score (nSPS) is 12.5. The molecule has 3 amide bonds. The molecule has 0 bridgehead atoms. The first kappa shape index (κ1) is 26.4. The summed E-state index contributed by atoms with van der Waals surface area (Å²) in [5.74, 6) is -2.78. The predicted octanol–water partition coefficient (Wildman–Crippen LogP) is 0.549. The number of carbonyl (C=O) groups excluding carboxylic acids is 3. The number of H-pyrrole nitrogens is 1. The van der Waals surface area contributed by atoms with Crippen molar-refractivity contribution in [2.24, 2.45) is 5.92 Å². The molecule has 0 radical (unpaired) electrons. The highest BCUT2D eigenvalue weighted by molar-refractivity contribution is 5.97. The van der Waals surface area contributed by atoms with Crippen molar-refractivity contribution in [2.45, 2.75) is 38.8 Å². The first-order valence-corrected chi connectivity index (χ1v) is 10.9. The minimum absolute atomic E-state index is 0.0442. The Morgan fingerprint density at radius 3 is 2.26 bits per heavy atom. The Kier molecular flexibility index (Phi) is 9.60. The van der Waals surface area contributed by atoms with E-state index in [2.05, 4.69) is 25.9 Å². The van der Waals surface area contributed by atoms with Gasteiger partial charge in [0.25, 0.3) is 5.91 Å². The van der Waals surface area contributed by atoms with E-state index in [4.69, 9.17) is 0 Å². The number of amides is 3. The van der Waals surface area contributed by atoms with E-state index in [1.807, 2.05) is 32.8 Å². The number of benzene rings is 1. The molecular formula is C23H32N6O5. The molecule has 0 saturated heterocycles. The van der Waals surface area contributed by atoms with Crippen LogP contribution >= 0.6 is 0 Å². The molecule has 2 atom stereocenters. The van der Waals surface area contributed by atoms with Crippen molar-refractivity contribution >= 4 is 29.4 Å². The summed E-state index contributed by atoms with van der Waals surface area (Å²) in [5, 5.41) is 17.0. The summed E-state index contributed by atoms with van der Waals surface area (Å²) >= 11 is 0. The Hall–Kier alpha value is -3.89. The van der Waals surface area contributed by atoms with Gasteiger partial charge in [-0.25, -0.2) is 9.78 Å². The number of aliphatic carboxylic acids is 1. The molecule has 0 unspecified atom stereocenters. The predicted molar refractivity (Wildman–Crippen MR) is 126 cm³/mol. The first-order valence-electron chi connectivity index (χ1n) is 10.9. The van der Waals surface area contributed by atoms with Crippen molar-refractivity contribution in [2.75, 3.05) is 25.5 Å². The quantitative estimate of drug-likeness (QED) is 0.302. The molecule has 0 spiro atoms. The van der Waals surface area contributed by atoms with Crippen LogP contribution < -0.4 is 20.9 Å². The summed E-state index contributed by atoms with van der Waals surface area (Å²) in [6.45, 7) is 3.34. The Balaban J connectivity index is 2.01. The lowest BCUT2D eigenvalue weighted by Gasteiger charge is -2.22. The van der Waals surface area contributed by atoms with Crippen LogP contribution in [0, 0.1) is 5.92 Å². The summed E-state index contributed by atoms with van der Waals surface area (Å²) in [6.07, 6.45) is 3.31. The molecule has 1 heterocycles. The molecule has 0 saturated carbocycles. The van der Waals surface area contributed by atoms with Crippen LogP contribution in [0.5, 0.6) is 0 Å². The molecule has 0 aliphatic rings. The minimum Gasteiger partial charge on any atom is -0.480 e. The van der Waals surface area contributed by atoms with Crippen molar-refractivity contribution in [1.29, 1.82) is 0 Å². The maximum Gasteiger partial charge on any atom is 0.326 e. The molecule has 184 valence electrons. The summed E-state index contributed by atoms with van der Waals surface area (Å²) in [7, 11) is 3.77. The lowest BCUT2D eigenvalue weighted by molar-refractivity contribution is -0.142. The van der Waals surface area contributed by atoms with Crippen LogP contribution in [0.1, 0.15) is 36.3 Å². The molecule has 0 aliphatic carbocycles. The van der Waals surface area contributed by atoms with E-state index in [-0.39, 0.29) is 25.3 Å². The summed E-state index contributed by atoms with van der Waals surface area (Å²) in [4.78, 5) is 58.0. The van der Waals surface area contributed by atoms with E-state index >= 15 is 0 Å². The summed E-state index contributed by atoms with van der Waals surface area (Å²) < 4.78 is 0. The van der Waals surface area contributed by atoms with Gasteiger partial charge < -0.3 is 30.9 Å². The number of hydrogen-bond donors (Lipinski definition) is 5. The Morgan fingerprint density at radius 1 is 1.06 bits per heavy atom. The third kappa shape index (κ3) is 8.23. The van der Waals surface area contributed by atoms with Gasteiger partial charge in [-0.3, -0.25) is 14.4 Å². The molecule has 1 aromatic carbocycles. The Bertz CT molecular complexity index is 972. The molecular weight excluding hydrogens is 440 g/mol. The van der Waals surface area contributed by atoms with E-state index in [0.29, 0.717) is 11.3 Å². The molecule has 0 aliphatic heterocycles. The van der Waals surface area contributed by atoms with Crippen LogP contribution in [-0.4, -0.2) is 71.5 Å². The van der Waals surface area contributed by atoms with Crippen molar-refractivity contribution in [1.82, 2.24) is 25.9 Å². The van der Waals surface area contributed by atoms with Gasteiger partial charge in [-0.2, -0.15) is 0 Å². The van der Waals surface area contributed by atoms with Crippen molar-refractivity contribution in [3.8, 4) is 0 Å². The molecule has 11 heteroatoms. The van der Waals surface area contributed by atoms with Crippen molar-refractivity contribution in [3.63, 3.8) is 0 Å². The van der Waals surface area contributed by atoms with E-state index in [0.717, 1.165) is 5.69 Å². The molecule has 34 heavy (non-hydrogen) atoms. The van der Waals surface area contributed by atoms with E-state index in [9.17, 15) is 24.3 Å². The number of carboxylic acids is 1. The van der Waals surface area contributed by atoms with Gasteiger partial charge in [0, 0.05) is 38.0 Å². The van der Waals surface area contributed by atoms with Crippen LogP contribution in [0.25, 0.3) is 0 Å². The number of aromatic nitrogens is 2. The Labute approximate surface area is 198 Å². The molecule has 1 aromatic heterocycles. The van der Waals surface area contributed by atoms with Gasteiger partial charge >= 0.3 is 5.97 Å². The fourth-order valence-electron chi connectivity index (χ4n) is 3.21. The molecule has 2 aromatic rings. The lowest BCUT2D eigenvalue weighted by Crippen LogP contribution is -2.54.